The van der Waals surface area contributed by atoms with Crippen molar-refractivity contribution in [3.05, 3.63) is 48.0 Å². The van der Waals surface area contributed by atoms with Gasteiger partial charge in [0.1, 0.15) is 16.6 Å². The number of aromatic nitrogens is 3. The number of anilines is 2. The van der Waals surface area contributed by atoms with Gasteiger partial charge < -0.3 is 9.84 Å². The van der Waals surface area contributed by atoms with E-state index in [9.17, 15) is 14.7 Å². The van der Waals surface area contributed by atoms with E-state index in [2.05, 4.69) is 34.8 Å². The highest BCUT2D eigenvalue weighted by molar-refractivity contribution is 7.10. The lowest BCUT2D eigenvalue weighted by atomic mass is 10.2. The minimum absolute atomic E-state index is 0.110. The number of ether oxygens (including phenoxy) is 1. The Morgan fingerprint density at radius 2 is 1.83 bits per heavy atom. The molecule has 0 amide bonds. The van der Waals surface area contributed by atoms with Gasteiger partial charge in [-0.2, -0.15) is 24.8 Å². The van der Waals surface area contributed by atoms with Gasteiger partial charge in [-0.25, -0.2) is 0 Å². The summed E-state index contributed by atoms with van der Waals surface area (Å²) in [5.74, 6) is -0.575. The zero-order valence-electron chi connectivity index (χ0n) is 15.2. The standard InChI is InChI=1S/C15H12N8O4S2/c1-5-10(24)8(18-20-13-7(4-16)6(2)22-28-13)12(26)9(11(5)25)19-21-15-17-14(27-3)23-29-15/h20,25H,1-3H3,(H,17,21,23). The third-order valence-corrected chi connectivity index (χ3v) is 5.11. The van der Waals surface area contributed by atoms with Gasteiger partial charge in [-0.15, -0.1) is 4.37 Å². The van der Waals surface area contributed by atoms with Crippen molar-refractivity contribution in [3.63, 3.8) is 0 Å². The van der Waals surface area contributed by atoms with Gasteiger partial charge in [0.25, 0.3) is 0 Å². The average molecular weight is 432 g/mol. The minimum Gasteiger partial charge on any atom is -0.505 e. The fraction of sp³-hybridized carbons (Fsp3) is 0.200. The minimum atomic E-state index is -0.908. The van der Waals surface area contributed by atoms with Crippen LogP contribution in [0.15, 0.2) is 19.8 Å². The SMILES string of the molecule is COc1nsc(NN=c2c(O)c(C)c(=O)c(=NNc3snc(C)c3C#N)c2=O)n1. The van der Waals surface area contributed by atoms with Crippen molar-refractivity contribution in [1.82, 2.24) is 13.7 Å². The van der Waals surface area contributed by atoms with Crippen LogP contribution in [-0.2, 0) is 0 Å². The molecule has 0 aliphatic carbocycles. The molecule has 0 spiro atoms. The van der Waals surface area contributed by atoms with Gasteiger partial charge in [0.2, 0.25) is 16.0 Å². The smallest absolute Gasteiger partial charge is 0.329 e. The summed E-state index contributed by atoms with van der Waals surface area (Å²) in [6, 6.07) is 2.07. The number of aryl methyl sites for hydroxylation is 1. The molecule has 14 heteroatoms. The molecule has 0 radical (unpaired) electrons. The van der Waals surface area contributed by atoms with Crippen molar-refractivity contribution in [2.45, 2.75) is 13.8 Å². The predicted molar refractivity (Wildman–Crippen MR) is 104 cm³/mol. The molecule has 0 saturated heterocycles. The lowest BCUT2D eigenvalue weighted by molar-refractivity contribution is 0.386. The Morgan fingerprint density at radius 3 is 2.48 bits per heavy atom. The molecule has 148 valence electrons. The Hall–Kier alpha value is -3.70. The topological polar surface area (TPSA) is 175 Å². The maximum Gasteiger partial charge on any atom is 0.329 e. The third-order valence-electron chi connectivity index (χ3n) is 3.66. The zero-order valence-corrected chi connectivity index (χ0v) is 16.8. The second-order valence-electron chi connectivity index (χ2n) is 5.45. The van der Waals surface area contributed by atoms with E-state index in [-0.39, 0.29) is 27.3 Å². The molecular weight excluding hydrogens is 420 g/mol. The van der Waals surface area contributed by atoms with Crippen molar-refractivity contribution in [3.8, 4) is 17.8 Å². The quantitative estimate of drug-likeness (QED) is 0.452. The van der Waals surface area contributed by atoms with Gasteiger partial charge in [0, 0.05) is 17.1 Å². The van der Waals surface area contributed by atoms with E-state index in [1.807, 2.05) is 6.07 Å². The van der Waals surface area contributed by atoms with E-state index in [1.165, 1.54) is 14.0 Å². The lowest BCUT2D eigenvalue weighted by Gasteiger charge is -1.99. The number of phenolic OH excluding ortho intramolecular Hbond substituents is 1. The number of methoxy groups -OCH3 is 1. The molecule has 3 aromatic rings. The first-order chi connectivity index (χ1) is 13.9. The van der Waals surface area contributed by atoms with Gasteiger partial charge in [-0.1, -0.05) is 0 Å². The van der Waals surface area contributed by atoms with Gasteiger partial charge in [-0.3, -0.25) is 20.4 Å². The van der Waals surface area contributed by atoms with Gasteiger partial charge in [0.15, 0.2) is 16.5 Å². The lowest BCUT2D eigenvalue weighted by Crippen LogP contribution is -2.49. The van der Waals surface area contributed by atoms with Crippen LogP contribution in [0.1, 0.15) is 16.8 Å². The summed E-state index contributed by atoms with van der Waals surface area (Å²) in [4.78, 5) is 29.0. The molecular formula is C15H12N8O4S2. The molecule has 1 aromatic carbocycles. The van der Waals surface area contributed by atoms with Gasteiger partial charge in [0.05, 0.1) is 12.8 Å². The van der Waals surface area contributed by atoms with Crippen molar-refractivity contribution < 1.29 is 9.84 Å². The molecule has 29 heavy (non-hydrogen) atoms. The first-order valence-electron chi connectivity index (χ1n) is 7.78. The molecule has 12 nitrogen and oxygen atoms in total. The molecule has 0 aliphatic heterocycles. The molecule has 2 heterocycles. The molecule has 0 unspecified atom stereocenters. The van der Waals surface area contributed by atoms with Crippen LogP contribution >= 0.6 is 23.1 Å². The monoisotopic (exact) mass is 432 g/mol. The summed E-state index contributed by atoms with van der Waals surface area (Å²) >= 11 is 1.89. The summed E-state index contributed by atoms with van der Waals surface area (Å²) in [6.45, 7) is 2.98. The van der Waals surface area contributed by atoms with Gasteiger partial charge >= 0.3 is 6.01 Å². The first-order valence-corrected chi connectivity index (χ1v) is 9.33. The Labute approximate surface area is 170 Å². The van der Waals surface area contributed by atoms with E-state index in [0.717, 1.165) is 23.1 Å². The number of phenols is 1. The Kier molecular flexibility index (Phi) is 5.61. The van der Waals surface area contributed by atoms with Crippen molar-refractivity contribution in [2.24, 2.45) is 10.2 Å². The summed E-state index contributed by atoms with van der Waals surface area (Å²) in [5, 5.41) is 26.6. The van der Waals surface area contributed by atoms with Crippen LogP contribution in [0.3, 0.4) is 0 Å². The molecule has 2 aromatic heterocycles. The second kappa shape index (κ2) is 8.12. The van der Waals surface area contributed by atoms with E-state index in [4.69, 9.17) is 10.00 Å². The zero-order chi connectivity index (χ0) is 21.1. The van der Waals surface area contributed by atoms with Crippen LogP contribution < -0.4 is 37.2 Å². The maximum atomic E-state index is 12.7. The van der Waals surface area contributed by atoms with Crippen LogP contribution in [0.2, 0.25) is 0 Å². The number of aromatic hydroxyl groups is 1. The molecule has 0 atom stereocenters. The van der Waals surface area contributed by atoms with Crippen LogP contribution in [-0.4, -0.2) is 25.9 Å². The van der Waals surface area contributed by atoms with Crippen molar-refractivity contribution in [2.75, 3.05) is 18.0 Å². The first kappa shape index (κ1) is 20.0. The summed E-state index contributed by atoms with van der Waals surface area (Å²) in [7, 11) is 1.39. The van der Waals surface area contributed by atoms with E-state index in [0.29, 0.717) is 5.69 Å². The number of benzene rings is 1. The maximum absolute atomic E-state index is 12.7. The predicted octanol–water partition coefficient (Wildman–Crippen LogP) is -0.351. The molecule has 3 N–H and O–H groups in total. The Balaban J connectivity index is 2.09. The van der Waals surface area contributed by atoms with Crippen LogP contribution in [0.25, 0.3) is 0 Å². The van der Waals surface area contributed by atoms with Crippen molar-refractivity contribution in [1.29, 1.82) is 5.26 Å². The number of nitrogens with one attached hydrogen (secondary N) is 2. The van der Waals surface area contributed by atoms with Crippen LogP contribution in [0, 0.1) is 25.2 Å². The highest BCUT2D eigenvalue weighted by Crippen LogP contribution is 2.22. The van der Waals surface area contributed by atoms with Crippen LogP contribution in [0.5, 0.6) is 11.8 Å². The number of rotatable bonds is 5. The number of hydrogen-bond acceptors (Lipinski definition) is 14. The van der Waals surface area contributed by atoms with E-state index >= 15 is 0 Å². The Bertz CT molecular complexity index is 1340. The summed E-state index contributed by atoms with van der Waals surface area (Å²) < 4.78 is 12.7. The average Bonchev–Trinajstić information content (AvgIpc) is 3.32. The molecule has 0 saturated carbocycles. The number of nitrogens with zero attached hydrogens (tertiary/aromatic N) is 6. The van der Waals surface area contributed by atoms with E-state index < -0.39 is 27.3 Å². The largest absolute Gasteiger partial charge is 0.505 e. The van der Waals surface area contributed by atoms with Crippen LogP contribution in [0.4, 0.5) is 10.1 Å². The fourth-order valence-electron chi connectivity index (χ4n) is 2.12. The fourth-order valence-corrected chi connectivity index (χ4v) is 3.29. The molecule has 0 fully saturated rings. The molecule has 0 bridgehead atoms. The summed E-state index contributed by atoms with van der Waals surface area (Å²) in [5.41, 5.74) is 3.97. The normalized spacial score (nSPS) is 12.1. The Morgan fingerprint density at radius 1 is 1.10 bits per heavy atom. The van der Waals surface area contributed by atoms with Crippen molar-refractivity contribution >= 4 is 33.2 Å². The highest BCUT2D eigenvalue weighted by atomic mass is 32.1. The van der Waals surface area contributed by atoms with E-state index in [1.54, 1.807) is 6.92 Å². The summed E-state index contributed by atoms with van der Waals surface area (Å²) in [6.07, 6.45) is 0. The second-order valence-corrected chi connectivity index (χ2v) is 6.97. The third kappa shape index (κ3) is 3.81. The number of nitriles is 1. The number of hydrogen-bond donors (Lipinski definition) is 3. The molecule has 0 aliphatic rings. The molecule has 3 rings (SSSR count). The van der Waals surface area contributed by atoms with Gasteiger partial charge in [-0.05, 0) is 25.4 Å². The highest BCUT2D eigenvalue weighted by Gasteiger charge is 2.14.